The highest BCUT2D eigenvalue weighted by Gasteiger charge is 2.33. The number of benzene rings is 1. The van der Waals surface area contributed by atoms with Crippen LogP contribution in [0.4, 0.5) is 0 Å². The van der Waals surface area contributed by atoms with E-state index in [1.54, 1.807) is 18.4 Å². The number of para-hydroxylation sites is 1. The van der Waals surface area contributed by atoms with Crippen LogP contribution in [0.15, 0.2) is 30.3 Å². The van der Waals surface area contributed by atoms with Gasteiger partial charge in [0.1, 0.15) is 0 Å². The van der Waals surface area contributed by atoms with Crippen LogP contribution in [0.25, 0.3) is 10.9 Å². The second-order valence-corrected chi connectivity index (χ2v) is 7.59. The van der Waals surface area contributed by atoms with Crippen LogP contribution in [0.2, 0.25) is 0 Å². The third kappa shape index (κ3) is 2.24. The zero-order chi connectivity index (χ0) is 14.3. The van der Waals surface area contributed by atoms with Gasteiger partial charge >= 0.3 is 0 Å². The zero-order valence-corrected chi connectivity index (χ0v) is 12.5. The molecule has 1 saturated heterocycles. The minimum atomic E-state index is -3.29. The van der Waals surface area contributed by atoms with Crippen molar-refractivity contribution in [2.45, 2.75) is 12.3 Å². The highest BCUT2D eigenvalue weighted by atomic mass is 32.2. The van der Waals surface area contributed by atoms with Crippen LogP contribution in [-0.4, -0.2) is 49.2 Å². The molecule has 1 aliphatic heterocycles. The van der Waals surface area contributed by atoms with E-state index in [1.807, 2.05) is 18.2 Å². The molecular weight excluding hydrogens is 274 g/mol. The molecule has 1 unspecified atom stereocenters. The molecule has 0 amide bonds. The Hall–Kier alpha value is -1.37. The summed E-state index contributed by atoms with van der Waals surface area (Å²) >= 11 is 0. The Morgan fingerprint density at radius 2 is 2.05 bits per heavy atom. The lowest BCUT2D eigenvalue weighted by Crippen LogP contribution is -2.38. The van der Waals surface area contributed by atoms with Gasteiger partial charge in [-0.2, -0.15) is 17.0 Å². The molecule has 1 atom stereocenters. The molecule has 1 N–H and O–H groups in total. The lowest BCUT2D eigenvalue weighted by atomic mass is 10.1. The molecule has 3 rings (SSSR count). The summed E-state index contributed by atoms with van der Waals surface area (Å²) in [5.74, 6) is 0.247. The van der Waals surface area contributed by atoms with Gasteiger partial charge in [0.25, 0.3) is 10.2 Å². The van der Waals surface area contributed by atoms with Crippen molar-refractivity contribution in [3.05, 3.63) is 36.0 Å². The number of rotatable bonds is 3. The van der Waals surface area contributed by atoms with Crippen LogP contribution < -0.4 is 0 Å². The maximum absolute atomic E-state index is 12.1. The van der Waals surface area contributed by atoms with Crippen LogP contribution in [0.3, 0.4) is 0 Å². The summed E-state index contributed by atoms with van der Waals surface area (Å²) in [4.78, 5) is 3.40. The second-order valence-electron chi connectivity index (χ2n) is 5.45. The molecule has 1 aromatic heterocycles. The van der Waals surface area contributed by atoms with Crippen molar-refractivity contribution in [2.75, 3.05) is 27.2 Å². The molecule has 0 spiro atoms. The van der Waals surface area contributed by atoms with Gasteiger partial charge in [-0.25, -0.2) is 0 Å². The fraction of sp³-hybridized carbons (Fsp3) is 0.429. The summed E-state index contributed by atoms with van der Waals surface area (Å²) in [6.07, 6.45) is 0.861. The second kappa shape index (κ2) is 4.87. The van der Waals surface area contributed by atoms with Gasteiger partial charge < -0.3 is 4.98 Å². The molecule has 5 nitrogen and oxygen atoms in total. The van der Waals surface area contributed by atoms with Gasteiger partial charge in [0.2, 0.25) is 0 Å². The van der Waals surface area contributed by atoms with Crippen LogP contribution >= 0.6 is 0 Å². The van der Waals surface area contributed by atoms with E-state index >= 15 is 0 Å². The predicted molar refractivity (Wildman–Crippen MR) is 79.8 cm³/mol. The highest BCUT2D eigenvalue weighted by Crippen LogP contribution is 2.30. The molecule has 0 aliphatic carbocycles. The van der Waals surface area contributed by atoms with E-state index in [2.05, 4.69) is 17.1 Å². The maximum atomic E-state index is 12.1. The largest absolute Gasteiger partial charge is 0.358 e. The van der Waals surface area contributed by atoms with Crippen LogP contribution in [0, 0.1) is 0 Å². The van der Waals surface area contributed by atoms with Crippen molar-refractivity contribution in [2.24, 2.45) is 0 Å². The average molecular weight is 293 g/mol. The molecule has 2 heterocycles. The fourth-order valence-electron chi connectivity index (χ4n) is 2.74. The van der Waals surface area contributed by atoms with Gasteiger partial charge in [-0.05, 0) is 23.9 Å². The average Bonchev–Trinajstić information content (AvgIpc) is 3.05. The number of aromatic nitrogens is 1. The van der Waals surface area contributed by atoms with Gasteiger partial charge in [-0.15, -0.1) is 0 Å². The molecule has 1 aromatic carbocycles. The number of hydrogen-bond donors (Lipinski definition) is 1. The Labute approximate surface area is 119 Å². The fourth-order valence-corrected chi connectivity index (χ4v) is 3.90. The molecule has 1 aliphatic rings. The SMILES string of the molecule is CN(C)S(=O)(=O)N1CCC(c2cc3ccccc3[nH]2)C1. The van der Waals surface area contributed by atoms with Gasteiger partial charge in [0, 0.05) is 44.3 Å². The van der Waals surface area contributed by atoms with E-state index in [9.17, 15) is 8.42 Å². The van der Waals surface area contributed by atoms with Crippen molar-refractivity contribution >= 4 is 21.1 Å². The Morgan fingerprint density at radius 3 is 2.75 bits per heavy atom. The van der Waals surface area contributed by atoms with Crippen LogP contribution in [-0.2, 0) is 10.2 Å². The molecule has 1 fully saturated rings. The van der Waals surface area contributed by atoms with Gasteiger partial charge in [-0.3, -0.25) is 0 Å². The van der Waals surface area contributed by atoms with Crippen molar-refractivity contribution in [1.82, 2.24) is 13.6 Å². The zero-order valence-electron chi connectivity index (χ0n) is 11.7. The number of nitrogens with zero attached hydrogens (tertiary/aromatic N) is 2. The first-order chi connectivity index (χ1) is 9.48. The molecular formula is C14H19N3O2S. The van der Waals surface area contributed by atoms with E-state index in [0.717, 1.165) is 17.6 Å². The van der Waals surface area contributed by atoms with E-state index in [1.165, 1.54) is 9.69 Å². The smallest absolute Gasteiger partial charge is 0.281 e. The summed E-state index contributed by atoms with van der Waals surface area (Å²) in [5.41, 5.74) is 2.24. The number of aromatic amines is 1. The molecule has 108 valence electrons. The molecule has 6 heteroatoms. The molecule has 0 bridgehead atoms. The van der Waals surface area contributed by atoms with E-state index < -0.39 is 10.2 Å². The Bertz CT molecular complexity index is 688. The first-order valence-corrected chi connectivity index (χ1v) is 8.13. The number of H-pyrrole nitrogens is 1. The minimum absolute atomic E-state index is 0.247. The van der Waals surface area contributed by atoms with Crippen LogP contribution in [0.1, 0.15) is 18.0 Å². The predicted octanol–water partition coefficient (Wildman–Crippen LogP) is 1.76. The highest BCUT2D eigenvalue weighted by molar-refractivity contribution is 7.86. The molecule has 20 heavy (non-hydrogen) atoms. The van der Waals surface area contributed by atoms with Crippen molar-refractivity contribution in [3.8, 4) is 0 Å². The summed E-state index contributed by atoms with van der Waals surface area (Å²) < 4.78 is 27.1. The summed E-state index contributed by atoms with van der Waals surface area (Å²) in [5, 5.41) is 1.18. The normalized spacial score (nSPS) is 21.1. The van der Waals surface area contributed by atoms with E-state index in [4.69, 9.17) is 0 Å². The first kappa shape index (κ1) is 13.6. The standard InChI is InChI=1S/C14H19N3O2S/c1-16(2)20(18,19)17-8-7-12(10-17)14-9-11-5-3-4-6-13(11)15-14/h3-6,9,12,15H,7-8,10H2,1-2H3. The van der Waals surface area contributed by atoms with Crippen molar-refractivity contribution in [1.29, 1.82) is 0 Å². The van der Waals surface area contributed by atoms with Gasteiger partial charge in [0.05, 0.1) is 0 Å². The monoisotopic (exact) mass is 293 g/mol. The molecule has 0 saturated carbocycles. The lowest BCUT2D eigenvalue weighted by Gasteiger charge is -2.20. The summed E-state index contributed by atoms with van der Waals surface area (Å²) in [6.45, 7) is 1.13. The van der Waals surface area contributed by atoms with E-state index in [0.29, 0.717) is 13.1 Å². The Kier molecular flexibility index (Phi) is 3.32. The number of hydrogen-bond acceptors (Lipinski definition) is 2. The maximum Gasteiger partial charge on any atom is 0.281 e. The van der Waals surface area contributed by atoms with E-state index in [-0.39, 0.29) is 5.92 Å². The third-order valence-corrected chi connectivity index (χ3v) is 5.84. The minimum Gasteiger partial charge on any atom is -0.358 e. The molecule has 2 aromatic rings. The topological polar surface area (TPSA) is 56.4 Å². The lowest BCUT2D eigenvalue weighted by molar-refractivity contribution is 0.418. The van der Waals surface area contributed by atoms with Gasteiger partial charge in [0.15, 0.2) is 0 Å². The Morgan fingerprint density at radius 1 is 1.30 bits per heavy atom. The molecule has 0 radical (unpaired) electrons. The van der Waals surface area contributed by atoms with Crippen molar-refractivity contribution in [3.63, 3.8) is 0 Å². The third-order valence-electron chi connectivity index (χ3n) is 3.93. The first-order valence-electron chi connectivity index (χ1n) is 6.74. The van der Waals surface area contributed by atoms with Gasteiger partial charge in [-0.1, -0.05) is 18.2 Å². The number of fused-ring (bicyclic) bond motifs is 1. The van der Waals surface area contributed by atoms with Crippen molar-refractivity contribution < 1.29 is 8.42 Å². The summed E-state index contributed by atoms with van der Waals surface area (Å²) in [7, 11) is -0.145. The van der Waals surface area contributed by atoms with Crippen LogP contribution in [0.5, 0.6) is 0 Å². The Balaban J connectivity index is 1.84. The summed E-state index contributed by atoms with van der Waals surface area (Å²) in [6, 6.07) is 10.3. The number of nitrogens with one attached hydrogen (secondary N) is 1. The quantitative estimate of drug-likeness (QED) is 0.937.